The van der Waals surface area contributed by atoms with Crippen LogP contribution in [0.5, 0.6) is 0 Å². The Kier molecular flexibility index (Phi) is 3.46. The molecule has 0 aromatic carbocycles. The monoisotopic (exact) mass is 211 g/mol. The van der Waals surface area contributed by atoms with Crippen molar-refractivity contribution < 1.29 is 9.47 Å². The summed E-state index contributed by atoms with van der Waals surface area (Å²) in [7, 11) is 0. The van der Waals surface area contributed by atoms with E-state index in [-0.39, 0.29) is 5.79 Å². The molecule has 1 heterocycles. The number of ether oxygens (including phenoxy) is 2. The number of hydrogen-bond acceptors (Lipinski definition) is 3. The average Bonchev–Trinajstić information content (AvgIpc) is 2.71. The Morgan fingerprint density at radius 2 is 2.13 bits per heavy atom. The highest BCUT2D eigenvalue weighted by molar-refractivity contribution is 4.87. The maximum atomic E-state index is 8.25. The molecule has 84 valence electrons. The SMILES string of the molecule is [N-]=[N+]=NCCC1CCCCC12OCCO2. The van der Waals surface area contributed by atoms with E-state index in [1.807, 2.05) is 0 Å². The molecule has 0 aromatic rings. The molecule has 2 fully saturated rings. The van der Waals surface area contributed by atoms with Crippen molar-refractivity contribution in [2.24, 2.45) is 11.0 Å². The van der Waals surface area contributed by atoms with Crippen LogP contribution in [0.15, 0.2) is 5.11 Å². The van der Waals surface area contributed by atoms with Crippen molar-refractivity contribution >= 4 is 0 Å². The molecule has 15 heavy (non-hydrogen) atoms. The molecule has 5 heteroatoms. The van der Waals surface area contributed by atoms with Crippen LogP contribution >= 0.6 is 0 Å². The van der Waals surface area contributed by atoms with Gasteiger partial charge in [0.05, 0.1) is 13.2 Å². The van der Waals surface area contributed by atoms with E-state index < -0.39 is 0 Å². The van der Waals surface area contributed by atoms with Crippen molar-refractivity contribution in [1.29, 1.82) is 0 Å². The minimum absolute atomic E-state index is 0.344. The number of hydrogen-bond donors (Lipinski definition) is 0. The van der Waals surface area contributed by atoms with E-state index in [0.29, 0.717) is 25.7 Å². The fourth-order valence-electron chi connectivity index (χ4n) is 2.66. The van der Waals surface area contributed by atoms with Gasteiger partial charge in [-0.05, 0) is 24.8 Å². The normalized spacial score (nSPS) is 28.9. The van der Waals surface area contributed by atoms with Crippen molar-refractivity contribution in [3.63, 3.8) is 0 Å². The number of rotatable bonds is 3. The van der Waals surface area contributed by atoms with Crippen LogP contribution in [0.1, 0.15) is 32.1 Å². The molecule has 1 atom stereocenters. The van der Waals surface area contributed by atoms with E-state index in [1.54, 1.807) is 0 Å². The molecule has 0 radical (unpaired) electrons. The Labute approximate surface area is 89.4 Å². The molecule has 0 bridgehead atoms. The van der Waals surface area contributed by atoms with Crippen molar-refractivity contribution in [2.45, 2.75) is 37.9 Å². The van der Waals surface area contributed by atoms with Gasteiger partial charge in [0.2, 0.25) is 0 Å². The highest BCUT2D eigenvalue weighted by Crippen LogP contribution is 2.41. The third-order valence-electron chi connectivity index (χ3n) is 3.37. The zero-order valence-corrected chi connectivity index (χ0v) is 8.89. The van der Waals surface area contributed by atoms with Gasteiger partial charge in [-0.1, -0.05) is 11.5 Å². The molecule has 1 saturated carbocycles. The molecule has 2 aliphatic rings. The van der Waals surface area contributed by atoms with Gasteiger partial charge in [-0.25, -0.2) is 0 Å². The van der Waals surface area contributed by atoms with Crippen LogP contribution in [0.2, 0.25) is 0 Å². The zero-order chi connectivity index (χ0) is 10.6. The molecule has 1 saturated heterocycles. The van der Waals surface area contributed by atoms with E-state index in [4.69, 9.17) is 15.0 Å². The zero-order valence-electron chi connectivity index (χ0n) is 8.89. The second-order valence-electron chi connectivity index (χ2n) is 4.19. The van der Waals surface area contributed by atoms with Gasteiger partial charge in [0.25, 0.3) is 0 Å². The van der Waals surface area contributed by atoms with Crippen LogP contribution < -0.4 is 0 Å². The number of nitrogens with zero attached hydrogens (tertiary/aromatic N) is 3. The Balaban J connectivity index is 1.96. The summed E-state index contributed by atoms with van der Waals surface area (Å²) in [5, 5.41) is 3.59. The molecule has 1 spiro atoms. The first-order chi connectivity index (χ1) is 7.37. The lowest BCUT2D eigenvalue weighted by Crippen LogP contribution is -2.42. The van der Waals surface area contributed by atoms with Crippen LogP contribution in [0, 0.1) is 5.92 Å². The van der Waals surface area contributed by atoms with E-state index in [1.165, 1.54) is 12.8 Å². The summed E-state index contributed by atoms with van der Waals surface area (Å²) in [5.41, 5.74) is 8.25. The van der Waals surface area contributed by atoms with Gasteiger partial charge in [-0.15, -0.1) is 0 Å². The minimum atomic E-state index is -0.344. The third kappa shape index (κ3) is 2.25. The fraction of sp³-hybridized carbons (Fsp3) is 1.00. The van der Waals surface area contributed by atoms with Crippen LogP contribution in [0.25, 0.3) is 10.4 Å². The molecule has 0 N–H and O–H groups in total. The Hall–Kier alpha value is -0.770. The molecular weight excluding hydrogens is 194 g/mol. The predicted molar refractivity (Wildman–Crippen MR) is 55.2 cm³/mol. The Bertz CT molecular complexity index is 257. The third-order valence-corrected chi connectivity index (χ3v) is 3.37. The van der Waals surface area contributed by atoms with Gasteiger partial charge in [0.15, 0.2) is 5.79 Å². The second-order valence-corrected chi connectivity index (χ2v) is 4.19. The van der Waals surface area contributed by atoms with Gasteiger partial charge in [0.1, 0.15) is 0 Å². The van der Waals surface area contributed by atoms with E-state index in [2.05, 4.69) is 10.0 Å². The average molecular weight is 211 g/mol. The summed E-state index contributed by atoms with van der Waals surface area (Å²) in [4.78, 5) is 2.78. The van der Waals surface area contributed by atoms with E-state index in [9.17, 15) is 0 Å². The van der Waals surface area contributed by atoms with Crippen LogP contribution in [0.4, 0.5) is 0 Å². The maximum absolute atomic E-state index is 8.25. The van der Waals surface area contributed by atoms with Crippen molar-refractivity contribution in [2.75, 3.05) is 19.8 Å². The fourth-order valence-corrected chi connectivity index (χ4v) is 2.66. The summed E-state index contributed by atoms with van der Waals surface area (Å²) in [6.07, 6.45) is 5.41. The Morgan fingerprint density at radius 1 is 1.33 bits per heavy atom. The first-order valence-corrected chi connectivity index (χ1v) is 5.66. The highest BCUT2D eigenvalue weighted by atomic mass is 16.7. The van der Waals surface area contributed by atoms with Gasteiger partial charge in [-0.2, -0.15) is 0 Å². The second kappa shape index (κ2) is 4.84. The molecule has 0 aromatic heterocycles. The topological polar surface area (TPSA) is 67.2 Å². The van der Waals surface area contributed by atoms with Crippen molar-refractivity contribution in [3.05, 3.63) is 10.4 Å². The summed E-state index contributed by atoms with van der Waals surface area (Å²) in [6, 6.07) is 0. The van der Waals surface area contributed by atoms with E-state index >= 15 is 0 Å². The minimum Gasteiger partial charge on any atom is -0.347 e. The lowest BCUT2D eigenvalue weighted by atomic mass is 9.81. The van der Waals surface area contributed by atoms with Crippen molar-refractivity contribution in [1.82, 2.24) is 0 Å². The smallest absolute Gasteiger partial charge is 0.171 e. The van der Waals surface area contributed by atoms with Crippen molar-refractivity contribution in [3.8, 4) is 0 Å². The molecule has 1 aliphatic carbocycles. The van der Waals surface area contributed by atoms with Crippen LogP contribution in [-0.2, 0) is 9.47 Å². The molecule has 0 amide bonds. The van der Waals surface area contributed by atoms with Gasteiger partial charge in [-0.3, -0.25) is 0 Å². The lowest BCUT2D eigenvalue weighted by Gasteiger charge is -2.39. The largest absolute Gasteiger partial charge is 0.347 e. The molecule has 1 unspecified atom stereocenters. The lowest BCUT2D eigenvalue weighted by molar-refractivity contribution is -0.213. The first-order valence-electron chi connectivity index (χ1n) is 5.66. The van der Waals surface area contributed by atoms with Gasteiger partial charge in [0, 0.05) is 23.8 Å². The number of azide groups is 1. The Morgan fingerprint density at radius 3 is 2.87 bits per heavy atom. The van der Waals surface area contributed by atoms with Gasteiger partial charge >= 0.3 is 0 Å². The molecule has 5 nitrogen and oxygen atoms in total. The summed E-state index contributed by atoms with van der Waals surface area (Å²) < 4.78 is 11.5. The molecule has 2 rings (SSSR count). The van der Waals surface area contributed by atoms with Crippen LogP contribution in [0.3, 0.4) is 0 Å². The maximum Gasteiger partial charge on any atom is 0.171 e. The van der Waals surface area contributed by atoms with E-state index in [0.717, 1.165) is 19.3 Å². The quantitative estimate of drug-likeness (QED) is 0.409. The first kappa shape index (κ1) is 10.7. The molecular formula is C10H17N3O2. The summed E-state index contributed by atoms with van der Waals surface area (Å²) >= 11 is 0. The standard InChI is InChI=1S/C10H17N3O2/c11-13-12-6-4-9-3-1-2-5-10(9)14-7-8-15-10/h9H,1-8H2. The van der Waals surface area contributed by atoms with Gasteiger partial charge < -0.3 is 9.47 Å². The summed E-state index contributed by atoms with van der Waals surface area (Å²) in [6.45, 7) is 1.96. The predicted octanol–water partition coefficient (Wildman–Crippen LogP) is 2.62. The molecule has 1 aliphatic heterocycles. The van der Waals surface area contributed by atoms with Crippen LogP contribution in [-0.4, -0.2) is 25.5 Å². The highest BCUT2D eigenvalue weighted by Gasteiger charge is 2.45. The summed E-state index contributed by atoms with van der Waals surface area (Å²) in [5.74, 6) is 0.0581.